The summed E-state index contributed by atoms with van der Waals surface area (Å²) in [5, 5.41) is 1.90. The third-order valence-electron chi connectivity index (χ3n) is 7.83. The lowest BCUT2D eigenvalue weighted by Crippen LogP contribution is -2.47. The van der Waals surface area contributed by atoms with E-state index in [0.717, 1.165) is 38.9 Å². The monoisotopic (exact) mass is 578 g/mol. The Bertz CT molecular complexity index is 1210. The minimum absolute atomic E-state index is 0.00837. The lowest BCUT2D eigenvalue weighted by Gasteiger charge is -2.42. The molecule has 0 aliphatic rings. The number of ether oxygens (including phenoxy) is 2. The summed E-state index contributed by atoms with van der Waals surface area (Å²) in [6.07, 6.45) is -0.0167. The van der Waals surface area contributed by atoms with Gasteiger partial charge in [0.15, 0.2) is 0 Å². The fraction of sp³-hybridized carbons (Fsp3) is 0.529. The van der Waals surface area contributed by atoms with Gasteiger partial charge in [-0.15, -0.1) is 0 Å². The Labute approximate surface area is 250 Å². The van der Waals surface area contributed by atoms with E-state index in [4.69, 9.17) is 23.2 Å². The first-order valence-corrected chi connectivity index (χ1v) is 17.3. The molecule has 41 heavy (non-hydrogen) atoms. The molecular formula is C34H51BO5Si. The van der Waals surface area contributed by atoms with Gasteiger partial charge in [-0.1, -0.05) is 77.9 Å². The van der Waals surface area contributed by atoms with E-state index < -0.39 is 15.4 Å². The molecule has 0 fully saturated rings. The van der Waals surface area contributed by atoms with Crippen LogP contribution in [0.1, 0.15) is 80.4 Å². The first kappa shape index (κ1) is 33.2. The molecule has 0 aliphatic carbocycles. The normalized spacial score (nSPS) is 12.4. The predicted molar refractivity (Wildman–Crippen MR) is 175 cm³/mol. The van der Waals surface area contributed by atoms with Crippen molar-refractivity contribution in [3.05, 3.63) is 65.7 Å². The quantitative estimate of drug-likeness (QED) is 0.169. The first-order chi connectivity index (χ1) is 19.4. The summed E-state index contributed by atoms with van der Waals surface area (Å²) in [6.45, 7) is 23.0. The second kappa shape index (κ2) is 14.7. The van der Waals surface area contributed by atoms with E-state index in [-0.39, 0.29) is 12.2 Å². The number of hydrogen-bond acceptors (Lipinski definition) is 5. The van der Waals surface area contributed by atoms with Crippen molar-refractivity contribution in [2.75, 3.05) is 7.11 Å². The fourth-order valence-corrected chi connectivity index (χ4v) is 11.6. The average Bonchev–Trinajstić information content (AvgIpc) is 2.90. The first-order valence-electron chi connectivity index (χ1n) is 15.2. The van der Waals surface area contributed by atoms with Gasteiger partial charge in [0.1, 0.15) is 18.1 Å². The molecular weight excluding hydrogens is 527 g/mol. The zero-order valence-corrected chi connectivity index (χ0v) is 28.1. The van der Waals surface area contributed by atoms with Gasteiger partial charge >= 0.3 is 7.12 Å². The van der Waals surface area contributed by atoms with Crippen LogP contribution in [0.3, 0.4) is 0 Å². The molecule has 0 saturated carbocycles. The Kier molecular flexibility index (Phi) is 11.9. The second-order valence-electron chi connectivity index (χ2n) is 12.5. The highest BCUT2D eigenvalue weighted by molar-refractivity contribution is 6.77. The highest BCUT2D eigenvalue weighted by Crippen LogP contribution is 2.43. The van der Waals surface area contributed by atoms with Crippen LogP contribution >= 0.6 is 0 Å². The Morgan fingerprint density at radius 1 is 0.659 bits per heavy atom. The zero-order chi connectivity index (χ0) is 30.3. The molecule has 0 N–H and O–H groups in total. The summed E-state index contributed by atoms with van der Waals surface area (Å²) in [7, 11) is -0.874. The Balaban J connectivity index is 2.16. The van der Waals surface area contributed by atoms with Crippen molar-refractivity contribution in [3.63, 3.8) is 0 Å². The molecule has 0 atom stereocenters. The number of fused-ring (bicyclic) bond motifs is 1. The minimum atomic E-state index is -2.06. The summed E-state index contributed by atoms with van der Waals surface area (Å²) >= 11 is 0. The Morgan fingerprint density at radius 3 is 1.76 bits per heavy atom. The zero-order valence-electron chi connectivity index (χ0n) is 27.1. The van der Waals surface area contributed by atoms with Crippen LogP contribution in [0.25, 0.3) is 10.8 Å². The lowest BCUT2D eigenvalue weighted by molar-refractivity contribution is 0.139. The number of benzene rings is 3. The smallest absolute Gasteiger partial charge is 0.494 e. The van der Waals surface area contributed by atoms with Crippen LogP contribution in [0.4, 0.5) is 0 Å². The molecule has 0 bridgehead atoms. The lowest BCUT2D eigenvalue weighted by atomic mass is 9.74. The SMILES string of the molecule is COc1cc(CO[Si](C(C)C)(C(C)C)C(C)C)cc2c(B(OC(C)C)OC(C)C)ccc(OCc3ccccc3)c12. The molecule has 0 radical (unpaired) electrons. The predicted octanol–water partition coefficient (Wildman–Crippen LogP) is 8.66. The van der Waals surface area contributed by atoms with Crippen molar-refractivity contribution in [1.29, 1.82) is 0 Å². The third kappa shape index (κ3) is 7.95. The van der Waals surface area contributed by atoms with Crippen LogP contribution in [0.15, 0.2) is 54.6 Å². The molecule has 5 nitrogen and oxygen atoms in total. The molecule has 0 heterocycles. The van der Waals surface area contributed by atoms with E-state index in [1.807, 2.05) is 52.0 Å². The van der Waals surface area contributed by atoms with E-state index in [1.54, 1.807) is 7.11 Å². The maximum Gasteiger partial charge on any atom is 0.494 e. The highest BCUT2D eigenvalue weighted by atomic mass is 28.4. The van der Waals surface area contributed by atoms with Crippen LogP contribution in [0.2, 0.25) is 16.6 Å². The van der Waals surface area contributed by atoms with Gasteiger partial charge in [-0.3, -0.25) is 0 Å². The highest BCUT2D eigenvalue weighted by Gasteiger charge is 2.45. The number of methoxy groups -OCH3 is 1. The van der Waals surface area contributed by atoms with E-state index in [9.17, 15) is 0 Å². The van der Waals surface area contributed by atoms with Gasteiger partial charge in [0, 0.05) is 12.2 Å². The molecule has 0 unspecified atom stereocenters. The summed E-state index contributed by atoms with van der Waals surface area (Å²) in [5.41, 5.74) is 4.64. The van der Waals surface area contributed by atoms with Crippen LogP contribution in [-0.4, -0.2) is 34.8 Å². The van der Waals surface area contributed by atoms with Crippen LogP contribution in [0.5, 0.6) is 11.5 Å². The molecule has 0 spiro atoms. The molecule has 0 aromatic heterocycles. The minimum Gasteiger partial charge on any atom is -0.496 e. The van der Waals surface area contributed by atoms with Gasteiger partial charge in [-0.25, -0.2) is 0 Å². The third-order valence-corrected chi connectivity index (χ3v) is 13.9. The van der Waals surface area contributed by atoms with Gasteiger partial charge in [0.05, 0.1) is 19.1 Å². The summed E-state index contributed by atoms with van der Waals surface area (Å²) < 4.78 is 32.1. The molecule has 3 rings (SSSR count). The average molecular weight is 579 g/mol. The summed E-state index contributed by atoms with van der Waals surface area (Å²) in [6, 6.07) is 18.6. The van der Waals surface area contributed by atoms with Gasteiger partial charge < -0.3 is 23.2 Å². The molecule has 0 amide bonds. The van der Waals surface area contributed by atoms with Gasteiger partial charge in [0.25, 0.3) is 0 Å². The van der Waals surface area contributed by atoms with Crippen molar-refractivity contribution in [3.8, 4) is 11.5 Å². The molecule has 224 valence electrons. The van der Waals surface area contributed by atoms with E-state index >= 15 is 0 Å². The molecule has 3 aromatic carbocycles. The van der Waals surface area contributed by atoms with Gasteiger partial charge in [-0.2, -0.15) is 0 Å². The standard InChI is InChI=1S/C34H51BO5Si/c1-23(2)39-35(40-24(3)4)31-17-18-32(37-21-28-15-13-12-14-16-28)34-30(31)19-29(20-33(34)36-11)22-38-41(25(5)6,26(7)8)27(9)10/h12-20,23-27H,21-22H2,1-11H3. The Hall–Kier alpha value is -2.32. The van der Waals surface area contributed by atoms with Crippen molar-refractivity contribution >= 4 is 31.7 Å². The topological polar surface area (TPSA) is 46.2 Å². The van der Waals surface area contributed by atoms with Crippen LogP contribution in [-0.2, 0) is 26.9 Å². The molecule has 3 aromatic rings. The molecule has 0 aliphatic heterocycles. The maximum absolute atomic E-state index is 7.00. The number of rotatable bonds is 15. The maximum atomic E-state index is 7.00. The fourth-order valence-electron chi connectivity index (χ4n) is 6.18. The molecule has 7 heteroatoms. The number of hydrogen-bond donors (Lipinski definition) is 0. The Morgan fingerprint density at radius 2 is 1.24 bits per heavy atom. The van der Waals surface area contributed by atoms with Crippen molar-refractivity contribution in [1.82, 2.24) is 0 Å². The van der Waals surface area contributed by atoms with Crippen molar-refractivity contribution in [2.24, 2.45) is 0 Å². The second-order valence-corrected chi connectivity index (χ2v) is 17.9. The summed E-state index contributed by atoms with van der Waals surface area (Å²) in [5.74, 6) is 1.52. The van der Waals surface area contributed by atoms with Gasteiger partial charge in [-0.05, 0) is 84.5 Å². The largest absolute Gasteiger partial charge is 0.496 e. The summed E-state index contributed by atoms with van der Waals surface area (Å²) in [4.78, 5) is 0. The van der Waals surface area contributed by atoms with E-state index in [1.165, 1.54) is 0 Å². The van der Waals surface area contributed by atoms with Crippen LogP contribution in [0, 0.1) is 0 Å². The van der Waals surface area contributed by atoms with Crippen molar-refractivity contribution < 1.29 is 23.2 Å². The molecule has 0 saturated heterocycles. The van der Waals surface area contributed by atoms with Gasteiger partial charge in [0.2, 0.25) is 8.32 Å². The van der Waals surface area contributed by atoms with E-state index in [0.29, 0.717) is 29.8 Å². The van der Waals surface area contributed by atoms with E-state index in [2.05, 4.69) is 71.9 Å². The van der Waals surface area contributed by atoms with Crippen molar-refractivity contribution in [2.45, 2.75) is 111 Å². The van der Waals surface area contributed by atoms with Crippen LogP contribution < -0.4 is 14.9 Å².